The second-order valence-electron chi connectivity index (χ2n) is 5.00. The van der Waals surface area contributed by atoms with Gasteiger partial charge in [-0.2, -0.15) is 0 Å². The average molecular weight is 315 g/mol. The lowest BCUT2D eigenvalue weighted by Gasteiger charge is -2.21. The van der Waals surface area contributed by atoms with Crippen LogP contribution in [0.5, 0.6) is 0 Å². The molecule has 7 heteroatoms. The highest BCUT2D eigenvalue weighted by molar-refractivity contribution is 6.33. The molecular weight excluding hydrogens is 296 g/mol. The lowest BCUT2D eigenvalue weighted by molar-refractivity contribution is -0.115. The number of carbonyl (C=O) groups is 2. The number of hydrogen-bond donors (Lipinski definition) is 4. The lowest BCUT2D eigenvalue weighted by Crippen LogP contribution is -2.40. The van der Waals surface area contributed by atoms with E-state index >= 15 is 0 Å². The van der Waals surface area contributed by atoms with Crippen LogP contribution in [0.1, 0.15) is 30.6 Å². The molecule has 0 radical (unpaired) electrons. The predicted octanol–water partition coefficient (Wildman–Crippen LogP) is 1.73. The minimum Gasteiger partial charge on any atom is -0.478 e. The molecule has 0 heterocycles. The number of hydrogen-bond acceptors (Lipinski definition) is 4. The van der Waals surface area contributed by atoms with Gasteiger partial charge in [-0.05, 0) is 31.5 Å². The van der Waals surface area contributed by atoms with Gasteiger partial charge in [0.1, 0.15) is 0 Å². The van der Waals surface area contributed by atoms with Crippen molar-refractivity contribution in [3.05, 3.63) is 28.8 Å². The molecule has 21 heavy (non-hydrogen) atoms. The lowest BCUT2D eigenvalue weighted by atomic mass is 10.0. The Morgan fingerprint density at radius 1 is 1.38 bits per heavy atom. The van der Waals surface area contributed by atoms with Gasteiger partial charge in [-0.25, -0.2) is 4.79 Å². The molecule has 1 aromatic carbocycles. The first-order chi connectivity index (χ1) is 9.75. The third-order valence-electron chi connectivity index (χ3n) is 3.04. The van der Waals surface area contributed by atoms with Crippen LogP contribution in [0.4, 0.5) is 5.69 Å². The van der Waals surface area contributed by atoms with E-state index in [9.17, 15) is 14.7 Å². The first kappa shape index (κ1) is 17.4. The molecule has 1 rings (SSSR count). The molecule has 0 aliphatic heterocycles. The number of carboxylic acids is 1. The summed E-state index contributed by atoms with van der Waals surface area (Å²) in [7, 11) is 0. The van der Waals surface area contributed by atoms with Crippen LogP contribution in [-0.4, -0.2) is 40.8 Å². The molecule has 0 aliphatic rings. The van der Waals surface area contributed by atoms with Crippen molar-refractivity contribution >= 4 is 29.2 Å². The van der Waals surface area contributed by atoms with E-state index in [2.05, 4.69) is 10.6 Å². The fourth-order valence-electron chi connectivity index (χ4n) is 1.52. The Kier molecular flexibility index (Phi) is 6.14. The van der Waals surface area contributed by atoms with Crippen molar-refractivity contribution in [1.29, 1.82) is 0 Å². The quantitative estimate of drug-likeness (QED) is 0.614. The summed E-state index contributed by atoms with van der Waals surface area (Å²) in [6, 6.07) is 4.07. The van der Waals surface area contributed by atoms with Crippen molar-refractivity contribution in [2.45, 2.75) is 25.9 Å². The zero-order valence-electron chi connectivity index (χ0n) is 11.9. The van der Waals surface area contributed by atoms with Gasteiger partial charge in [0.25, 0.3) is 0 Å². The minimum atomic E-state index is -1.10. The number of benzene rings is 1. The van der Waals surface area contributed by atoms with Crippen molar-refractivity contribution < 1.29 is 19.8 Å². The standard InChI is InChI=1S/C14H19ClN2O4/c1-3-14(2,21)8-16-7-12(18)17-11-6-9(13(19)20)4-5-10(11)15/h4-6,16,21H,3,7-8H2,1-2H3,(H,17,18)(H,19,20). The maximum atomic E-state index is 11.8. The molecule has 116 valence electrons. The van der Waals surface area contributed by atoms with Gasteiger partial charge < -0.3 is 20.8 Å². The number of aromatic carboxylic acids is 1. The van der Waals surface area contributed by atoms with Crippen LogP contribution >= 0.6 is 11.6 Å². The van der Waals surface area contributed by atoms with Gasteiger partial charge in [-0.3, -0.25) is 4.79 Å². The first-order valence-corrected chi connectivity index (χ1v) is 6.89. The van der Waals surface area contributed by atoms with Crippen LogP contribution in [0.3, 0.4) is 0 Å². The fraction of sp³-hybridized carbons (Fsp3) is 0.429. The zero-order valence-corrected chi connectivity index (χ0v) is 12.7. The molecule has 1 atom stereocenters. The number of carboxylic acid groups (broad SMARTS) is 1. The monoisotopic (exact) mass is 314 g/mol. The fourth-order valence-corrected chi connectivity index (χ4v) is 1.68. The van der Waals surface area contributed by atoms with Crippen LogP contribution in [0.2, 0.25) is 5.02 Å². The normalized spacial score (nSPS) is 13.5. The summed E-state index contributed by atoms with van der Waals surface area (Å²) >= 11 is 5.91. The SMILES string of the molecule is CCC(C)(O)CNCC(=O)Nc1cc(C(=O)O)ccc1Cl. The van der Waals surface area contributed by atoms with Crippen molar-refractivity contribution in [2.75, 3.05) is 18.4 Å². The highest BCUT2D eigenvalue weighted by Crippen LogP contribution is 2.23. The van der Waals surface area contributed by atoms with Crippen LogP contribution in [0.15, 0.2) is 18.2 Å². The molecule has 0 aliphatic carbocycles. The summed E-state index contributed by atoms with van der Waals surface area (Å²) in [6.07, 6.45) is 0.564. The van der Waals surface area contributed by atoms with E-state index in [4.69, 9.17) is 16.7 Å². The Morgan fingerprint density at radius 2 is 2.05 bits per heavy atom. The number of anilines is 1. The Bertz CT molecular complexity index is 532. The molecule has 1 unspecified atom stereocenters. The summed E-state index contributed by atoms with van der Waals surface area (Å²) in [5, 5.41) is 24.3. The molecule has 0 spiro atoms. The molecule has 0 aromatic heterocycles. The van der Waals surface area contributed by atoms with Gasteiger partial charge in [0.2, 0.25) is 5.91 Å². The van der Waals surface area contributed by atoms with E-state index in [1.807, 2.05) is 6.92 Å². The largest absolute Gasteiger partial charge is 0.478 e. The van der Waals surface area contributed by atoms with Crippen molar-refractivity contribution in [2.24, 2.45) is 0 Å². The van der Waals surface area contributed by atoms with Gasteiger partial charge >= 0.3 is 5.97 Å². The maximum Gasteiger partial charge on any atom is 0.335 e. The highest BCUT2D eigenvalue weighted by Gasteiger charge is 2.17. The van der Waals surface area contributed by atoms with E-state index in [1.165, 1.54) is 18.2 Å². The zero-order chi connectivity index (χ0) is 16.0. The van der Waals surface area contributed by atoms with Crippen molar-refractivity contribution in [1.82, 2.24) is 5.32 Å². The summed E-state index contributed by atoms with van der Waals surface area (Å²) in [4.78, 5) is 22.6. The Morgan fingerprint density at radius 3 is 2.62 bits per heavy atom. The van der Waals surface area contributed by atoms with Gasteiger partial charge in [0.15, 0.2) is 0 Å². The van der Waals surface area contributed by atoms with Gasteiger partial charge in [-0.1, -0.05) is 18.5 Å². The second-order valence-corrected chi connectivity index (χ2v) is 5.41. The number of aliphatic hydroxyl groups is 1. The van der Waals surface area contributed by atoms with Crippen LogP contribution in [0.25, 0.3) is 0 Å². The van der Waals surface area contributed by atoms with Gasteiger partial charge in [-0.15, -0.1) is 0 Å². The van der Waals surface area contributed by atoms with E-state index < -0.39 is 11.6 Å². The summed E-state index contributed by atoms with van der Waals surface area (Å²) in [5.74, 6) is -1.47. The molecule has 6 nitrogen and oxygen atoms in total. The Labute approximate surface area is 128 Å². The first-order valence-electron chi connectivity index (χ1n) is 6.51. The van der Waals surface area contributed by atoms with Crippen molar-refractivity contribution in [3.8, 4) is 0 Å². The smallest absolute Gasteiger partial charge is 0.335 e. The predicted molar refractivity (Wildman–Crippen MR) is 80.8 cm³/mol. The number of carbonyl (C=O) groups excluding carboxylic acids is 1. The van der Waals surface area contributed by atoms with Crippen molar-refractivity contribution in [3.63, 3.8) is 0 Å². The Balaban J connectivity index is 2.59. The van der Waals surface area contributed by atoms with E-state index in [0.717, 1.165) is 0 Å². The van der Waals surface area contributed by atoms with E-state index in [-0.39, 0.29) is 35.3 Å². The van der Waals surface area contributed by atoms with Crippen LogP contribution in [-0.2, 0) is 4.79 Å². The van der Waals surface area contributed by atoms with Crippen LogP contribution < -0.4 is 10.6 Å². The molecule has 0 bridgehead atoms. The molecule has 0 saturated carbocycles. The third kappa shape index (κ3) is 5.71. The Hall–Kier alpha value is -1.63. The third-order valence-corrected chi connectivity index (χ3v) is 3.37. The van der Waals surface area contributed by atoms with Gasteiger partial charge in [0, 0.05) is 6.54 Å². The van der Waals surface area contributed by atoms with Gasteiger partial charge in [0.05, 0.1) is 28.4 Å². The second kappa shape index (κ2) is 7.40. The molecule has 4 N–H and O–H groups in total. The highest BCUT2D eigenvalue weighted by atomic mass is 35.5. The molecular formula is C14H19ClN2O4. The van der Waals surface area contributed by atoms with E-state index in [1.54, 1.807) is 6.92 Å². The maximum absolute atomic E-state index is 11.8. The molecule has 1 aromatic rings. The minimum absolute atomic E-state index is 0.0101. The summed E-state index contributed by atoms with van der Waals surface area (Å²) < 4.78 is 0. The molecule has 1 amide bonds. The molecule has 0 fully saturated rings. The number of nitrogens with one attached hydrogen (secondary N) is 2. The van der Waals surface area contributed by atoms with E-state index in [0.29, 0.717) is 6.42 Å². The molecule has 0 saturated heterocycles. The van der Waals surface area contributed by atoms with Crippen LogP contribution in [0, 0.1) is 0 Å². The number of amides is 1. The summed E-state index contributed by atoms with van der Waals surface area (Å²) in [5.41, 5.74) is -0.594. The average Bonchev–Trinajstić information content (AvgIpc) is 2.40. The number of halogens is 1. The topological polar surface area (TPSA) is 98.7 Å². The summed E-state index contributed by atoms with van der Waals surface area (Å²) in [6.45, 7) is 3.79. The number of rotatable bonds is 7.